The van der Waals surface area contributed by atoms with Crippen molar-refractivity contribution in [3.05, 3.63) is 60.2 Å². The first-order valence-electron chi connectivity index (χ1n) is 12.1. The first kappa shape index (κ1) is 24.2. The smallest absolute Gasteiger partial charge is 0.227 e. The summed E-state index contributed by atoms with van der Waals surface area (Å²) in [5.41, 5.74) is 2.45. The molecule has 0 saturated carbocycles. The number of ether oxygens (including phenoxy) is 5. The van der Waals surface area contributed by atoms with Gasteiger partial charge < -0.3 is 28.1 Å². The van der Waals surface area contributed by atoms with E-state index in [2.05, 4.69) is 6.07 Å². The van der Waals surface area contributed by atoms with Crippen molar-refractivity contribution in [2.45, 2.75) is 0 Å². The van der Waals surface area contributed by atoms with Crippen LogP contribution in [0.3, 0.4) is 0 Å². The van der Waals surface area contributed by atoms with Gasteiger partial charge in [-0.3, -0.25) is 0 Å². The summed E-state index contributed by atoms with van der Waals surface area (Å²) in [4.78, 5) is 4.95. The maximum Gasteiger partial charge on any atom is 0.227 e. The number of rotatable bonds is 6. The molecule has 6 rings (SSSR count). The van der Waals surface area contributed by atoms with E-state index < -0.39 is 0 Å². The van der Waals surface area contributed by atoms with E-state index >= 15 is 0 Å². The molecule has 0 aliphatic rings. The van der Waals surface area contributed by atoms with Crippen LogP contribution in [0.25, 0.3) is 54.9 Å². The number of nitriles is 1. The number of hydrogen-bond donors (Lipinski definition) is 0. The third-order valence-corrected chi connectivity index (χ3v) is 7.01. The summed E-state index contributed by atoms with van der Waals surface area (Å²) in [5, 5.41) is 14.6. The van der Waals surface area contributed by atoms with E-state index in [0.717, 1.165) is 37.9 Å². The lowest BCUT2D eigenvalue weighted by Crippen LogP contribution is -1.95. The summed E-state index contributed by atoms with van der Waals surface area (Å²) in [7, 11) is 8.05. The highest BCUT2D eigenvalue weighted by atomic mass is 16.5. The van der Waals surface area contributed by atoms with Crippen LogP contribution in [-0.4, -0.2) is 40.5 Å². The highest BCUT2D eigenvalue weighted by molar-refractivity contribution is 6.32. The van der Waals surface area contributed by atoms with Gasteiger partial charge in [0.05, 0.1) is 47.2 Å². The number of fused-ring (bicyclic) bond motifs is 8. The zero-order valence-electron chi connectivity index (χ0n) is 22.0. The lowest BCUT2D eigenvalue weighted by Gasteiger charge is -2.17. The summed E-state index contributed by atoms with van der Waals surface area (Å²) in [5.74, 6) is 3.36. The Hall–Kier alpha value is -5.16. The van der Waals surface area contributed by atoms with Crippen molar-refractivity contribution >= 4 is 43.4 Å². The maximum absolute atomic E-state index is 9.20. The normalized spacial score (nSPS) is 11.2. The molecule has 194 valence electrons. The molecule has 0 atom stereocenters. The Bertz CT molecular complexity index is 1910. The molecule has 1 aromatic heterocycles. The second-order valence-corrected chi connectivity index (χ2v) is 8.89. The molecule has 0 aliphatic carbocycles. The van der Waals surface area contributed by atoms with Gasteiger partial charge in [0.25, 0.3) is 0 Å². The average Bonchev–Trinajstić information content (AvgIpc) is 3.44. The minimum absolute atomic E-state index is 0.418. The quantitative estimate of drug-likeness (QED) is 0.220. The number of benzene rings is 5. The number of methoxy groups -OCH3 is 5. The Morgan fingerprint density at radius 3 is 1.51 bits per heavy atom. The Morgan fingerprint density at radius 1 is 0.615 bits per heavy atom. The Morgan fingerprint density at radius 2 is 1.05 bits per heavy atom. The lowest BCUT2D eigenvalue weighted by molar-refractivity contribution is 0.355. The zero-order chi connectivity index (χ0) is 27.3. The van der Waals surface area contributed by atoms with E-state index in [9.17, 15) is 5.26 Å². The Kier molecular flexibility index (Phi) is 5.77. The molecule has 0 saturated heterocycles. The standard InChI is InChI=1S/C31H24N2O6/c1-34-23-10-18-19-11-25(36-3)26(37-4)13-21(19)28-22(20(18)12-24(23)35-2)14-27(38-5)30-29(28)33-31(39-30)17-8-6-16(15-32)7-9-17/h6-14H,1-5H3. The minimum Gasteiger partial charge on any atom is -0.493 e. The van der Waals surface area contributed by atoms with Crippen molar-refractivity contribution < 1.29 is 28.1 Å². The Labute approximate surface area is 223 Å². The van der Waals surface area contributed by atoms with Crippen LogP contribution in [0, 0.1) is 11.3 Å². The summed E-state index contributed by atoms with van der Waals surface area (Å²) < 4.78 is 34.7. The van der Waals surface area contributed by atoms with Crippen molar-refractivity contribution in [1.82, 2.24) is 4.98 Å². The van der Waals surface area contributed by atoms with Gasteiger partial charge in [0, 0.05) is 10.9 Å². The van der Waals surface area contributed by atoms with Crippen LogP contribution in [0.4, 0.5) is 0 Å². The molecule has 8 heteroatoms. The van der Waals surface area contributed by atoms with Crippen molar-refractivity contribution in [3.63, 3.8) is 0 Å². The van der Waals surface area contributed by atoms with Gasteiger partial charge in [-0.1, -0.05) is 0 Å². The first-order valence-corrected chi connectivity index (χ1v) is 12.1. The highest BCUT2D eigenvalue weighted by Gasteiger charge is 2.23. The fraction of sp³-hybridized carbons (Fsp3) is 0.161. The summed E-state index contributed by atoms with van der Waals surface area (Å²) in [6, 6.07) is 19.0. The van der Waals surface area contributed by atoms with E-state index in [1.807, 2.05) is 42.5 Å². The number of nitrogens with zero attached hydrogens (tertiary/aromatic N) is 2. The van der Waals surface area contributed by atoms with Crippen LogP contribution >= 0.6 is 0 Å². The molecule has 0 N–H and O–H groups in total. The van der Waals surface area contributed by atoms with E-state index in [-0.39, 0.29) is 0 Å². The molecule has 0 unspecified atom stereocenters. The molecular formula is C31H24N2O6. The largest absolute Gasteiger partial charge is 0.493 e. The maximum atomic E-state index is 9.20. The summed E-state index contributed by atoms with van der Waals surface area (Å²) in [6.07, 6.45) is 0. The third-order valence-electron chi connectivity index (χ3n) is 7.01. The number of aromatic nitrogens is 1. The minimum atomic E-state index is 0.418. The second kappa shape index (κ2) is 9.30. The monoisotopic (exact) mass is 520 g/mol. The molecule has 0 spiro atoms. The molecule has 6 aromatic rings. The molecule has 0 fully saturated rings. The molecular weight excluding hydrogens is 496 g/mol. The first-order chi connectivity index (χ1) is 19.0. The van der Waals surface area contributed by atoms with Crippen LogP contribution < -0.4 is 23.7 Å². The summed E-state index contributed by atoms with van der Waals surface area (Å²) in [6.45, 7) is 0. The van der Waals surface area contributed by atoms with Crippen molar-refractivity contribution in [3.8, 4) is 46.3 Å². The number of hydrogen-bond acceptors (Lipinski definition) is 8. The SMILES string of the molecule is COc1cc2c3cc(OC)c(OC)cc3c3c(cc(OC)c4oc(-c5ccc(C#N)cc5)nc43)c2cc1OC. The van der Waals surface area contributed by atoms with Gasteiger partial charge in [-0.25, -0.2) is 4.98 Å². The predicted octanol–water partition coefficient (Wildman–Crippen LogP) is 6.87. The second-order valence-electron chi connectivity index (χ2n) is 8.89. The van der Waals surface area contributed by atoms with Gasteiger partial charge in [0.2, 0.25) is 5.89 Å². The van der Waals surface area contributed by atoms with E-state index in [1.165, 1.54) is 0 Å². The van der Waals surface area contributed by atoms with Crippen LogP contribution in [0.2, 0.25) is 0 Å². The molecule has 8 nitrogen and oxygen atoms in total. The molecule has 39 heavy (non-hydrogen) atoms. The topological polar surface area (TPSA) is 96.0 Å². The molecule has 0 aliphatic heterocycles. The van der Waals surface area contributed by atoms with Crippen molar-refractivity contribution in [2.75, 3.05) is 35.5 Å². The average molecular weight is 521 g/mol. The van der Waals surface area contributed by atoms with Crippen molar-refractivity contribution in [2.24, 2.45) is 0 Å². The predicted molar refractivity (Wildman–Crippen MR) is 149 cm³/mol. The van der Waals surface area contributed by atoms with Crippen LogP contribution in [0.15, 0.2) is 59.0 Å². The lowest BCUT2D eigenvalue weighted by atomic mass is 9.92. The molecule has 0 radical (unpaired) electrons. The highest BCUT2D eigenvalue weighted by Crippen LogP contribution is 2.48. The van der Waals surface area contributed by atoms with Gasteiger partial charge in [-0.15, -0.1) is 0 Å². The summed E-state index contributed by atoms with van der Waals surface area (Å²) >= 11 is 0. The van der Waals surface area contributed by atoms with E-state index in [0.29, 0.717) is 51.3 Å². The van der Waals surface area contributed by atoms with Crippen molar-refractivity contribution in [1.29, 1.82) is 5.26 Å². The fourth-order valence-corrected chi connectivity index (χ4v) is 5.13. The van der Waals surface area contributed by atoms with Gasteiger partial charge >= 0.3 is 0 Å². The van der Waals surface area contributed by atoms with Crippen LogP contribution in [-0.2, 0) is 0 Å². The fourth-order valence-electron chi connectivity index (χ4n) is 5.13. The number of oxazole rings is 1. The van der Waals surface area contributed by atoms with Gasteiger partial charge in [0.1, 0.15) is 5.52 Å². The van der Waals surface area contributed by atoms with E-state index in [4.69, 9.17) is 33.1 Å². The van der Waals surface area contributed by atoms with Crippen LogP contribution in [0.5, 0.6) is 28.7 Å². The van der Waals surface area contributed by atoms with E-state index in [1.54, 1.807) is 47.7 Å². The third kappa shape index (κ3) is 3.62. The molecule has 0 bridgehead atoms. The molecule has 1 heterocycles. The zero-order valence-corrected chi connectivity index (χ0v) is 22.0. The molecule has 5 aromatic carbocycles. The van der Waals surface area contributed by atoms with Gasteiger partial charge in [-0.05, 0) is 81.5 Å². The van der Waals surface area contributed by atoms with Crippen LogP contribution in [0.1, 0.15) is 5.56 Å². The molecule has 0 amide bonds. The van der Waals surface area contributed by atoms with Gasteiger partial charge in [-0.2, -0.15) is 5.26 Å². The van der Waals surface area contributed by atoms with Gasteiger partial charge in [0.15, 0.2) is 34.3 Å². The Balaban J connectivity index is 1.83.